The number of hydrogen-bond acceptors (Lipinski definition) is 0. The second-order valence-corrected chi connectivity index (χ2v) is 19.4. The predicted octanol–water partition coefficient (Wildman–Crippen LogP) is 8.99. The number of nitrogens with zero attached hydrogens (tertiary/aromatic N) is 2. The molecule has 0 radical (unpaired) electrons. The van der Waals surface area contributed by atoms with Crippen LogP contribution in [0.5, 0.6) is 0 Å². The molecule has 240 valence electrons. The molecule has 4 aliphatic rings. The van der Waals surface area contributed by atoms with Crippen molar-refractivity contribution < 1.29 is 34.2 Å². The van der Waals surface area contributed by atoms with E-state index in [9.17, 15) is 0 Å². The Kier molecular flexibility index (Phi) is 7.72. The molecule has 0 saturated carbocycles. The zero-order valence-corrected chi connectivity index (χ0v) is 28.5. The van der Waals surface area contributed by atoms with E-state index in [-0.39, 0.29) is 19.1 Å². The molecule has 0 saturated heterocycles. The molecule has 0 unspecified atom stereocenters. The van der Waals surface area contributed by atoms with E-state index in [0.29, 0.717) is 12.8 Å². The van der Waals surface area contributed by atoms with Gasteiger partial charge in [-0.05, 0) is 0 Å². The number of rotatable bonds is 6. The van der Waals surface area contributed by atoms with Crippen LogP contribution in [-0.4, -0.2) is 9.13 Å². The zero-order chi connectivity index (χ0) is 32.4. The Balaban J connectivity index is 1.46. The fourth-order valence-electron chi connectivity index (χ4n) is 8.92. The Morgan fingerprint density at radius 1 is 0.574 bits per heavy atom. The number of aromatic nitrogens is 2. The molecule has 7 heteroatoms. The van der Waals surface area contributed by atoms with Gasteiger partial charge in [0.15, 0.2) is 0 Å². The molecule has 0 amide bonds. The number of hydrogen-bond donors (Lipinski definition) is 0. The van der Waals surface area contributed by atoms with E-state index in [4.69, 9.17) is 0 Å². The van der Waals surface area contributed by atoms with Crippen molar-refractivity contribution >= 4 is 7.74 Å². The molecule has 0 atom stereocenters. The second kappa shape index (κ2) is 11.8. The predicted molar refractivity (Wildman–Crippen MR) is 177 cm³/mol. The molecule has 0 N–H and O–H groups in total. The zero-order valence-electron chi connectivity index (χ0n) is 26.9. The Morgan fingerprint density at radius 3 is 1.40 bits per heavy atom. The standard InChI is InChI=1S/2C15H14F2N.2C5H5.Ti/c2*1-10-8-11-4-2-3-5-14(11)18(10)15-7-6-12(16)9-13(15)17;2*1-2-4-5-3-1;/h2*6-8H,2-5H2,1H3;2*1-3H,4H2;. The van der Waals surface area contributed by atoms with Crippen molar-refractivity contribution in [2.75, 3.05) is 0 Å². The molecule has 0 bridgehead atoms. The number of halogens is 4. The van der Waals surface area contributed by atoms with Crippen molar-refractivity contribution in [2.45, 2.75) is 78.1 Å². The third-order valence-electron chi connectivity index (χ3n) is 10.9. The van der Waals surface area contributed by atoms with Crippen molar-refractivity contribution in [1.29, 1.82) is 0 Å². The van der Waals surface area contributed by atoms with Gasteiger partial charge in [0.05, 0.1) is 0 Å². The summed E-state index contributed by atoms with van der Waals surface area (Å²) < 4.78 is 73.9. The van der Waals surface area contributed by atoms with Gasteiger partial charge in [0.25, 0.3) is 0 Å². The first-order chi connectivity index (χ1) is 22.8. The van der Waals surface area contributed by atoms with E-state index in [1.54, 1.807) is 0 Å². The SMILES string of the molecule is Cc1cc2c(n1-c1ccc(F)[c]([Ti]([C]3=CC=CC3)([C]3=CC=CC3)[c]3c(F)ccc(-n4c(C)cc5c4CCCC5)c3F)c1F)CCCC2. The monoisotopic (exact) mass is 670 g/mol. The Labute approximate surface area is 277 Å². The van der Waals surface area contributed by atoms with Gasteiger partial charge in [0.1, 0.15) is 0 Å². The van der Waals surface area contributed by atoms with Crippen LogP contribution in [0.15, 0.2) is 80.6 Å². The van der Waals surface area contributed by atoms with Crippen LogP contribution in [0, 0.1) is 37.1 Å². The van der Waals surface area contributed by atoms with E-state index in [2.05, 4.69) is 12.1 Å². The number of aryl methyl sites for hydroxylation is 4. The maximum absolute atomic E-state index is 17.7. The van der Waals surface area contributed by atoms with E-state index in [1.165, 1.54) is 35.4 Å². The third-order valence-corrected chi connectivity index (χ3v) is 18.8. The first-order valence-electron chi connectivity index (χ1n) is 16.9. The summed E-state index contributed by atoms with van der Waals surface area (Å²) in [5.74, 6) is -2.92. The van der Waals surface area contributed by atoms with E-state index in [1.807, 2.05) is 59.4 Å². The number of fused-ring (bicyclic) bond motifs is 2. The first kappa shape index (κ1) is 30.7. The van der Waals surface area contributed by atoms with Crippen molar-refractivity contribution in [3.05, 3.63) is 138 Å². The topological polar surface area (TPSA) is 9.86 Å². The number of benzene rings is 2. The normalized spacial score (nSPS) is 17.2. The summed E-state index contributed by atoms with van der Waals surface area (Å²) in [7, 11) is 0. The fourth-order valence-corrected chi connectivity index (χ4v) is 17.2. The van der Waals surface area contributed by atoms with Crippen LogP contribution >= 0.6 is 0 Å². The maximum atomic E-state index is 17.7. The molecule has 8 rings (SSSR count). The first-order valence-corrected chi connectivity index (χ1v) is 20.0. The van der Waals surface area contributed by atoms with Crippen LogP contribution in [0.3, 0.4) is 0 Å². The summed E-state index contributed by atoms with van der Waals surface area (Å²) in [5, 5.41) is 0. The van der Waals surface area contributed by atoms with Gasteiger partial charge in [0, 0.05) is 0 Å². The van der Waals surface area contributed by atoms with Crippen molar-refractivity contribution in [3.8, 4) is 11.4 Å². The van der Waals surface area contributed by atoms with Crippen LogP contribution in [0.1, 0.15) is 72.4 Å². The van der Waals surface area contributed by atoms with Crippen LogP contribution in [0.4, 0.5) is 17.6 Å². The molecule has 2 nitrogen and oxygen atoms in total. The van der Waals surface area contributed by atoms with Crippen molar-refractivity contribution in [3.63, 3.8) is 0 Å². The average molecular weight is 671 g/mol. The van der Waals surface area contributed by atoms with E-state index in [0.717, 1.165) is 81.9 Å². The van der Waals surface area contributed by atoms with Gasteiger partial charge in [-0.3, -0.25) is 0 Å². The molecule has 0 aliphatic heterocycles. The van der Waals surface area contributed by atoms with E-state index >= 15 is 17.6 Å². The van der Waals surface area contributed by atoms with Crippen molar-refractivity contribution in [2.24, 2.45) is 0 Å². The summed E-state index contributed by atoms with van der Waals surface area (Å²) >= 11 is -4.99. The summed E-state index contributed by atoms with van der Waals surface area (Å²) in [6.45, 7) is 3.90. The molecule has 2 heterocycles. The summed E-state index contributed by atoms with van der Waals surface area (Å²) in [4.78, 5) is 0. The summed E-state index contributed by atoms with van der Waals surface area (Å²) in [5.41, 5.74) is 6.71. The molecule has 47 heavy (non-hydrogen) atoms. The van der Waals surface area contributed by atoms with Crippen LogP contribution in [0.25, 0.3) is 11.4 Å². The molecular weight excluding hydrogens is 632 g/mol. The summed E-state index contributed by atoms with van der Waals surface area (Å²) in [6.07, 6.45) is 19.7. The van der Waals surface area contributed by atoms with Crippen molar-refractivity contribution in [1.82, 2.24) is 9.13 Å². The third kappa shape index (κ3) is 4.62. The van der Waals surface area contributed by atoms with Gasteiger partial charge in [-0.2, -0.15) is 0 Å². The van der Waals surface area contributed by atoms with Gasteiger partial charge in [-0.1, -0.05) is 0 Å². The second-order valence-electron chi connectivity index (χ2n) is 13.5. The van der Waals surface area contributed by atoms with Gasteiger partial charge in [-0.25, -0.2) is 0 Å². The molecule has 4 aliphatic carbocycles. The molecule has 2 aromatic heterocycles. The minimum atomic E-state index is -4.99. The Bertz CT molecular complexity index is 1920. The molecule has 4 aromatic rings. The van der Waals surface area contributed by atoms with Crippen LogP contribution < -0.4 is 7.74 Å². The summed E-state index contributed by atoms with van der Waals surface area (Å²) in [6, 6.07) is 9.85. The average Bonchev–Trinajstić information content (AvgIpc) is 3.88. The van der Waals surface area contributed by atoms with E-state index < -0.39 is 39.9 Å². The van der Waals surface area contributed by atoms with Gasteiger partial charge >= 0.3 is 278 Å². The quantitative estimate of drug-likeness (QED) is 0.143. The molecule has 0 spiro atoms. The van der Waals surface area contributed by atoms with Gasteiger partial charge in [0.2, 0.25) is 0 Å². The minimum absolute atomic E-state index is 0.147. The Morgan fingerprint density at radius 2 is 1.00 bits per heavy atom. The number of allylic oxidation sites excluding steroid dienone is 8. The molecular formula is C40H38F4N2Ti. The van der Waals surface area contributed by atoms with Crippen LogP contribution in [-0.2, 0) is 42.3 Å². The molecule has 0 fully saturated rings. The fraction of sp³-hybridized carbons (Fsp3) is 0.300. The Hall–Kier alpha value is -3.61. The van der Waals surface area contributed by atoms with Gasteiger partial charge in [-0.15, -0.1) is 0 Å². The van der Waals surface area contributed by atoms with Gasteiger partial charge < -0.3 is 0 Å². The van der Waals surface area contributed by atoms with Crippen LogP contribution in [0.2, 0.25) is 0 Å². The molecule has 2 aromatic carbocycles.